The number of benzene rings is 1. The first-order valence-corrected chi connectivity index (χ1v) is 6.07. The van der Waals surface area contributed by atoms with Crippen molar-refractivity contribution in [1.29, 1.82) is 0 Å². The predicted molar refractivity (Wildman–Crippen MR) is 71.3 cm³/mol. The van der Waals surface area contributed by atoms with Gasteiger partial charge in [-0.25, -0.2) is 0 Å². The summed E-state index contributed by atoms with van der Waals surface area (Å²) in [6.07, 6.45) is 0. The standard InChI is InChI=1S/C12H16Cl2N2O/c1-7(15)12(17)16(3)8(2)10-5-4-9(13)6-11(10)14/h4-8H,15H2,1-3H3/t7-,8?/m0/s1. The lowest BCUT2D eigenvalue weighted by atomic mass is 10.1. The zero-order valence-electron chi connectivity index (χ0n) is 10.1. The molecule has 0 aromatic heterocycles. The van der Waals surface area contributed by atoms with Gasteiger partial charge in [-0.15, -0.1) is 0 Å². The second-order valence-corrected chi connectivity index (χ2v) is 4.92. The lowest BCUT2D eigenvalue weighted by molar-refractivity contribution is -0.132. The van der Waals surface area contributed by atoms with E-state index in [0.29, 0.717) is 10.0 Å². The highest BCUT2D eigenvalue weighted by atomic mass is 35.5. The van der Waals surface area contributed by atoms with Crippen molar-refractivity contribution in [2.75, 3.05) is 7.05 Å². The van der Waals surface area contributed by atoms with Crippen molar-refractivity contribution in [2.45, 2.75) is 25.9 Å². The highest BCUT2D eigenvalue weighted by molar-refractivity contribution is 6.35. The van der Waals surface area contributed by atoms with Crippen LogP contribution < -0.4 is 5.73 Å². The number of nitrogens with two attached hydrogens (primary N) is 1. The molecule has 1 rings (SSSR count). The molecule has 0 aliphatic rings. The van der Waals surface area contributed by atoms with E-state index in [1.54, 1.807) is 31.0 Å². The molecule has 0 aliphatic carbocycles. The third kappa shape index (κ3) is 3.35. The van der Waals surface area contributed by atoms with Crippen molar-refractivity contribution in [3.05, 3.63) is 33.8 Å². The minimum Gasteiger partial charge on any atom is -0.338 e. The summed E-state index contributed by atoms with van der Waals surface area (Å²) in [5, 5.41) is 1.13. The second kappa shape index (κ2) is 5.71. The number of nitrogens with zero attached hydrogens (tertiary/aromatic N) is 1. The lowest BCUT2D eigenvalue weighted by Crippen LogP contribution is -2.41. The molecule has 2 atom stereocenters. The van der Waals surface area contributed by atoms with Crippen LogP contribution in [0, 0.1) is 0 Å². The van der Waals surface area contributed by atoms with Gasteiger partial charge in [0.05, 0.1) is 12.1 Å². The van der Waals surface area contributed by atoms with Crippen LogP contribution in [0.15, 0.2) is 18.2 Å². The molecule has 5 heteroatoms. The smallest absolute Gasteiger partial charge is 0.239 e. The van der Waals surface area contributed by atoms with Crippen LogP contribution in [0.4, 0.5) is 0 Å². The molecular weight excluding hydrogens is 259 g/mol. The number of hydrogen-bond acceptors (Lipinski definition) is 2. The maximum absolute atomic E-state index is 11.8. The Hall–Kier alpha value is -0.770. The predicted octanol–water partition coefficient (Wildman–Crippen LogP) is 2.86. The zero-order valence-corrected chi connectivity index (χ0v) is 11.6. The van der Waals surface area contributed by atoms with E-state index in [4.69, 9.17) is 28.9 Å². The summed E-state index contributed by atoms with van der Waals surface area (Å²) in [5.41, 5.74) is 6.42. The molecule has 1 amide bonds. The van der Waals surface area contributed by atoms with Gasteiger partial charge in [0.2, 0.25) is 5.91 Å². The molecule has 2 N–H and O–H groups in total. The topological polar surface area (TPSA) is 46.3 Å². The highest BCUT2D eigenvalue weighted by Crippen LogP contribution is 2.29. The molecule has 0 bridgehead atoms. The fraction of sp³-hybridized carbons (Fsp3) is 0.417. The fourth-order valence-electron chi connectivity index (χ4n) is 1.56. The molecule has 0 heterocycles. The largest absolute Gasteiger partial charge is 0.338 e. The van der Waals surface area contributed by atoms with Crippen molar-refractivity contribution in [2.24, 2.45) is 5.73 Å². The quantitative estimate of drug-likeness (QED) is 0.922. The van der Waals surface area contributed by atoms with Crippen LogP contribution in [-0.2, 0) is 4.79 Å². The lowest BCUT2D eigenvalue weighted by Gasteiger charge is -2.27. The fourth-order valence-corrected chi connectivity index (χ4v) is 2.13. The maximum atomic E-state index is 11.8. The van der Waals surface area contributed by atoms with Crippen LogP contribution in [-0.4, -0.2) is 23.9 Å². The van der Waals surface area contributed by atoms with Crippen LogP contribution in [0.3, 0.4) is 0 Å². The first kappa shape index (κ1) is 14.3. The number of likely N-dealkylation sites (N-methyl/N-ethyl adjacent to an activating group) is 1. The summed E-state index contributed by atoms with van der Waals surface area (Å²) < 4.78 is 0. The van der Waals surface area contributed by atoms with E-state index < -0.39 is 6.04 Å². The summed E-state index contributed by atoms with van der Waals surface area (Å²) in [7, 11) is 1.71. The number of rotatable bonds is 3. The molecule has 0 spiro atoms. The SMILES string of the molecule is CC(c1ccc(Cl)cc1Cl)N(C)C(=O)[C@H](C)N. The first-order valence-electron chi connectivity index (χ1n) is 5.31. The maximum Gasteiger partial charge on any atom is 0.239 e. The molecular formula is C12H16Cl2N2O. The molecule has 1 aromatic carbocycles. The van der Waals surface area contributed by atoms with Gasteiger partial charge in [-0.05, 0) is 31.5 Å². The molecule has 0 aliphatic heterocycles. The third-order valence-corrected chi connectivity index (χ3v) is 3.29. The van der Waals surface area contributed by atoms with E-state index >= 15 is 0 Å². The Kier molecular flexibility index (Phi) is 4.80. The molecule has 3 nitrogen and oxygen atoms in total. The first-order chi connectivity index (χ1) is 7.84. The second-order valence-electron chi connectivity index (χ2n) is 4.08. The average molecular weight is 275 g/mol. The number of hydrogen-bond donors (Lipinski definition) is 1. The van der Waals surface area contributed by atoms with Gasteiger partial charge < -0.3 is 10.6 Å². The zero-order chi connectivity index (χ0) is 13.2. The van der Waals surface area contributed by atoms with Crippen LogP contribution in [0.5, 0.6) is 0 Å². The third-order valence-electron chi connectivity index (χ3n) is 2.73. The summed E-state index contributed by atoms with van der Waals surface area (Å²) in [4.78, 5) is 13.4. The minimum absolute atomic E-state index is 0.122. The van der Waals surface area contributed by atoms with E-state index in [2.05, 4.69) is 0 Å². The number of amides is 1. The van der Waals surface area contributed by atoms with Crippen molar-refractivity contribution in [3.8, 4) is 0 Å². The molecule has 0 radical (unpaired) electrons. The molecule has 17 heavy (non-hydrogen) atoms. The van der Waals surface area contributed by atoms with Gasteiger partial charge in [0.15, 0.2) is 0 Å². The van der Waals surface area contributed by atoms with E-state index in [-0.39, 0.29) is 11.9 Å². The summed E-state index contributed by atoms with van der Waals surface area (Å²) in [6.45, 7) is 3.56. The van der Waals surface area contributed by atoms with Crippen LogP contribution in [0.25, 0.3) is 0 Å². The van der Waals surface area contributed by atoms with Gasteiger partial charge in [-0.3, -0.25) is 4.79 Å². The van der Waals surface area contributed by atoms with Crippen LogP contribution in [0.2, 0.25) is 10.0 Å². The minimum atomic E-state index is -0.520. The summed E-state index contributed by atoms with van der Waals surface area (Å²) in [5.74, 6) is -0.122. The van der Waals surface area contributed by atoms with Crippen molar-refractivity contribution < 1.29 is 4.79 Å². The van der Waals surface area contributed by atoms with E-state index in [9.17, 15) is 4.79 Å². The van der Waals surface area contributed by atoms with Gasteiger partial charge in [-0.2, -0.15) is 0 Å². The average Bonchev–Trinajstić information content (AvgIpc) is 2.26. The van der Waals surface area contributed by atoms with E-state index in [0.717, 1.165) is 5.56 Å². The molecule has 0 saturated carbocycles. The van der Waals surface area contributed by atoms with Gasteiger partial charge in [0, 0.05) is 17.1 Å². The van der Waals surface area contributed by atoms with Gasteiger partial charge in [0.25, 0.3) is 0 Å². The van der Waals surface area contributed by atoms with E-state index in [1.165, 1.54) is 0 Å². The summed E-state index contributed by atoms with van der Waals surface area (Å²) in [6, 6.07) is 4.58. The number of carbonyl (C=O) groups excluding carboxylic acids is 1. The van der Waals surface area contributed by atoms with Gasteiger partial charge >= 0.3 is 0 Å². The van der Waals surface area contributed by atoms with Gasteiger partial charge in [0.1, 0.15) is 0 Å². The van der Waals surface area contributed by atoms with Crippen molar-refractivity contribution in [1.82, 2.24) is 4.90 Å². The Labute approximate surface area is 111 Å². The van der Waals surface area contributed by atoms with E-state index in [1.807, 2.05) is 13.0 Å². The summed E-state index contributed by atoms with van der Waals surface area (Å²) >= 11 is 11.9. The molecule has 0 saturated heterocycles. The molecule has 1 aromatic rings. The number of carbonyl (C=O) groups is 1. The molecule has 94 valence electrons. The van der Waals surface area contributed by atoms with Crippen molar-refractivity contribution >= 4 is 29.1 Å². The number of halogens is 2. The van der Waals surface area contributed by atoms with Gasteiger partial charge in [-0.1, -0.05) is 29.3 Å². The Morgan fingerprint density at radius 3 is 2.41 bits per heavy atom. The molecule has 1 unspecified atom stereocenters. The Bertz CT molecular complexity index is 421. The van der Waals surface area contributed by atoms with Crippen molar-refractivity contribution in [3.63, 3.8) is 0 Å². The molecule has 0 fully saturated rings. The normalized spacial score (nSPS) is 14.2. The Morgan fingerprint density at radius 2 is 1.94 bits per heavy atom. The Morgan fingerprint density at radius 1 is 1.35 bits per heavy atom. The monoisotopic (exact) mass is 274 g/mol. The van der Waals surface area contributed by atoms with Crippen LogP contribution >= 0.6 is 23.2 Å². The highest BCUT2D eigenvalue weighted by Gasteiger charge is 2.21. The Balaban J connectivity index is 2.96. The van der Waals surface area contributed by atoms with Crippen LogP contribution in [0.1, 0.15) is 25.5 Å².